The van der Waals surface area contributed by atoms with Crippen molar-refractivity contribution >= 4 is 40.9 Å². The number of nitrogens with one attached hydrogen (secondary N) is 1. The zero-order valence-corrected chi connectivity index (χ0v) is 11.6. The highest BCUT2D eigenvalue weighted by Gasteiger charge is 2.41. The topological polar surface area (TPSA) is 42.0 Å². The lowest BCUT2D eigenvalue weighted by Crippen LogP contribution is -2.31. The fourth-order valence-electron chi connectivity index (χ4n) is 1.48. The van der Waals surface area contributed by atoms with Crippen molar-refractivity contribution in [1.82, 2.24) is 10.3 Å². The Hall–Kier alpha value is -0.450. The summed E-state index contributed by atoms with van der Waals surface area (Å²) in [4.78, 5) is 15.7. The van der Waals surface area contributed by atoms with Crippen LogP contribution in [0.4, 0.5) is 0 Å². The zero-order chi connectivity index (χ0) is 12.5. The van der Waals surface area contributed by atoms with Gasteiger partial charge in [-0.2, -0.15) is 11.8 Å². The molecule has 0 radical (unpaired) electrons. The first-order valence-corrected chi connectivity index (χ1v) is 7.19. The SMILES string of the molecule is CSC1(CNC(=O)c2cnc(Cl)c(Cl)c2)CC1. The molecule has 0 aliphatic heterocycles. The van der Waals surface area contributed by atoms with E-state index < -0.39 is 0 Å². The van der Waals surface area contributed by atoms with Crippen LogP contribution in [0.1, 0.15) is 23.2 Å². The maximum atomic E-state index is 11.8. The van der Waals surface area contributed by atoms with Crippen molar-refractivity contribution in [2.45, 2.75) is 17.6 Å². The van der Waals surface area contributed by atoms with Gasteiger partial charge < -0.3 is 5.32 Å². The molecule has 92 valence electrons. The van der Waals surface area contributed by atoms with Gasteiger partial charge in [-0.25, -0.2) is 4.98 Å². The number of aromatic nitrogens is 1. The molecule has 1 fully saturated rings. The minimum absolute atomic E-state index is 0.156. The highest BCUT2D eigenvalue weighted by molar-refractivity contribution is 8.00. The van der Waals surface area contributed by atoms with Crippen LogP contribution in [0.15, 0.2) is 12.3 Å². The van der Waals surface area contributed by atoms with E-state index in [9.17, 15) is 4.79 Å². The Balaban J connectivity index is 1.97. The molecule has 0 spiro atoms. The molecule has 0 bridgehead atoms. The molecule has 1 aromatic rings. The summed E-state index contributed by atoms with van der Waals surface area (Å²) >= 11 is 13.3. The van der Waals surface area contributed by atoms with Gasteiger partial charge in [0.25, 0.3) is 5.91 Å². The van der Waals surface area contributed by atoms with E-state index in [-0.39, 0.29) is 15.8 Å². The van der Waals surface area contributed by atoms with Gasteiger partial charge in [-0.05, 0) is 25.2 Å². The van der Waals surface area contributed by atoms with Crippen LogP contribution in [0.5, 0.6) is 0 Å². The molecular formula is C11H12Cl2N2OS. The second-order valence-electron chi connectivity index (χ2n) is 4.07. The number of nitrogens with zero attached hydrogens (tertiary/aromatic N) is 1. The largest absolute Gasteiger partial charge is 0.351 e. The van der Waals surface area contributed by atoms with Crippen LogP contribution in [0, 0.1) is 0 Å². The second-order valence-corrected chi connectivity index (χ2v) is 6.11. The van der Waals surface area contributed by atoms with Crippen molar-refractivity contribution in [3.63, 3.8) is 0 Å². The van der Waals surface area contributed by atoms with Gasteiger partial charge in [-0.15, -0.1) is 0 Å². The second kappa shape index (κ2) is 5.04. The van der Waals surface area contributed by atoms with Crippen LogP contribution in [-0.2, 0) is 0 Å². The quantitative estimate of drug-likeness (QED) is 0.867. The summed E-state index contributed by atoms with van der Waals surface area (Å²) in [5.74, 6) is -0.156. The molecule has 17 heavy (non-hydrogen) atoms. The van der Waals surface area contributed by atoms with Gasteiger partial charge in [0.15, 0.2) is 0 Å². The van der Waals surface area contributed by atoms with Gasteiger partial charge in [0.1, 0.15) is 5.15 Å². The van der Waals surface area contributed by atoms with E-state index in [0.29, 0.717) is 17.1 Å². The molecule has 6 heteroatoms. The number of amides is 1. The van der Waals surface area contributed by atoms with Crippen LogP contribution < -0.4 is 5.32 Å². The first-order chi connectivity index (χ1) is 8.06. The Kier molecular flexibility index (Phi) is 3.85. The van der Waals surface area contributed by atoms with Gasteiger partial charge in [0, 0.05) is 17.5 Å². The Morgan fingerprint density at radius 2 is 2.29 bits per heavy atom. The van der Waals surface area contributed by atoms with E-state index in [0.717, 1.165) is 12.8 Å². The monoisotopic (exact) mass is 290 g/mol. The Morgan fingerprint density at radius 3 is 2.82 bits per heavy atom. The average molecular weight is 291 g/mol. The number of thioether (sulfide) groups is 1. The predicted molar refractivity (Wildman–Crippen MR) is 72.1 cm³/mol. The van der Waals surface area contributed by atoms with Crippen LogP contribution in [-0.4, -0.2) is 28.4 Å². The third-order valence-corrected chi connectivity index (χ3v) is 4.97. The molecule has 0 aromatic carbocycles. The summed E-state index contributed by atoms with van der Waals surface area (Å²) in [6, 6.07) is 1.53. The van der Waals surface area contributed by atoms with Crippen LogP contribution in [0.3, 0.4) is 0 Å². The fourth-order valence-corrected chi connectivity index (χ4v) is 2.48. The molecule has 2 rings (SSSR count). The van der Waals surface area contributed by atoms with Crippen molar-refractivity contribution in [2.24, 2.45) is 0 Å². The summed E-state index contributed by atoms with van der Waals surface area (Å²) < 4.78 is 0.249. The molecule has 0 atom stereocenters. The molecule has 0 unspecified atom stereocenters. The molecule has 1 aliphatic rings. The summed E-state index contributed by atoms with van der Waals surface area (Å²) in [7, 11) is 0. The number of hydrogen-bond acceptors (Lipinski definition) is 3. The molecule has 1 heterocycles. The highest BCUT2D eigenvalue weighted by Crippen LogP contribution is 2.46. The Morgan fingerprint density at radius 1 is 1.59 bits per heavy atom. The van der Waals surface area contributed by atoms with Gasteiger partial charge >= 0.3 is 0 Å². The van der Waals surface area contributed by atoms with E-state index in [1.165, 1.54) is 12.3 Å². The first kappa shape index (κ1) is 13.0. The van der Waals surface area contributed by atoms with Gasteiger partial charge in [-0.1, -0.05) is 23.2 Å². The predicted octanol–water partition coefficient (Wildman–Crippen LogP) is 3.01. The minimum atomic E-state index is -0.156. The summed E-state index contributed by atoms with van der Waals surface area (Å²) in [5.41, 5.74) is 0.441. The number of carbonyl (C=O) groups excluding carboxylic acids is 1. The number of hydrogen-bond donors (Lipinski definition) is 1. The summed E-state index contributed by atoms with van der Waals surface area (Å²) in [6.07, 6.45) is 5.82. The number of halogens is 2. The van der Waals surface area contributed by atoms with Crippen molar-refractivity contribution in [1.29, 1.82) is 0 Å². The van der Waals surface area contributed by atoms with E-state index in [4.69, 9.17) is 23.2 Å². The van der Waals surface area contributed by atoms with Gasteiger partial charge in [0.2, 0.25) is 0 Å². The number of carbonyl (C=O) groups is 1. The summed E-state index contributed by atoms with van der Waals surface area (Å²) in [5, 5.41) is 3.41. The highest BCUT2D eigenvalue weighted by atomic mass is 35.5. The fraction of sp³-hybridized carbons (Fsp3) is 0.455. The first-order valence-electron chi connectivity index (χ1n) is 5.21. The van der Waals surface area contributed by atoms with E-state index in [1.54, 1.807) is 11.8 Å². The Bertz CT molecular complexity index is 449. The molecule has 1 amide bonds. The van der Waals surface area contributed by atoms with Crippen LogP contribution >= 0.6 is 35.0 Å². The maximum Gasteiger partial charge on any atom is 0.252 e. The third kappa shape index (κ3) is 3.06. The van der Waals surface area contributed by atoms with E-state index >= 15 is 0 Å². The van der Waals surface area contributed by atoms with Crippen molar-refractivity contribution < 1.29 is 4.79 Å². The molecule has 0 saturated heterocycles. The number of pyridine rings is 1. The smallest absolute Gasteiger partial charge is 0.252 e. The van der Waals surface area contributed by atoms with Crippen molar-refractivity contribution in [3.05, 3.63) is 28.0 Å². The lowest BCUT2D eigenvalue weighted by Gasteiger charge is -2.13. The van der Waals surface area contributed by atoms with Crippen LogP contribution in [0.25, 0.3) is 0 Å². The van der Waals surface area contributed by atoms with Gasteiger partial charge in [0.05, 0.1) is 10.6 Å². The minimum Gasteiger partial charge on any atom is -0.351 e. The van der Waals surface area contributed by atoms with Crippen LogP contribution in [0.2, 0.25) is 10.2 Å². The van der Waals surface area contributed by atoms with Crippen molar-refractivity contribution in [3.8, 4) is 0 Å². The summed E-state index contributed by atoms with van der Waals surface area (Å²) in [6.45, 7) is 0.688. The third-order valence-electron chi connectivity index (χ3n) is 2.87. The Labute approximate surface area is 114 Å². The maximum absolute atomic E-state index is 11.8. The number of rotatable bonds is 4. The lowest BCUT2D eigenvalue weighted by atomic mass is 10.2. The molecule has 3 nitrogen and oxygen atoms in total. The van der Waals surface area contributed by atoms with E-state index in [2.05, 4.69) is 16.6 Å². The molecule has 1 saturated carbocycles. The molecule has 1 aromatic heterocycles. The van der Waals surface area contributed by atoms with E-state index in [1.807, 2.05) is 0 Å². The van der Waals surface area contributed by atoms with Gasteiger partial charge in [-0.3, -0.25) is 4.79 Å². The average Bonchev–Trinajstić information content (AvgIpc) is 3.10. The van der Waals surface area contributed by atoms with Crippen molar-refractivity contribution in [2.75, 3.05) is 12.8 Å². The zero-order valence-electron chi connectivity index (χ0n) is 9.30. The lowest BCUT2D eigenvalue weighted by molar-refractivity contribution is 0.0952. The molecule has 1 aliphatic carbocycles. The standard InChI is InChI=1S/C11H12Cl2N2OS/c1-17-11(2-3-11)6-15-10(16)7-4-8(12)9(13)14-5-7/h4-5H,2-3,6H2,1H3,(H,15,16). The molecular weight excluding hydrogens is 279 g/mol. The normalized spacial score (nSPS) is 16.6. The molecule has 1 N–H and O–H groups in total.